The lowest BCUT2D eigenvalue weighted by Crippen LogP contribution is -1.99. The number of rotatable bonds is 2. The fraction of sp³-hybridized carbons (Fsp3) is 0.300. The number of aryl methyl sites for hydroxylation is 2. The van der Waals surface area contributed by atoms with Gasteiger partial charge in [0.05, 0.1) is 11.4 Å². The summed E-state index contributed by atoms with van der Waals surface area (Å²) < 4.78 is 5.24. The third-order valence-corrected chi connectivity index (χ3v) is 2.56. The van der Waals surface area contributed by atoms with Crippen LogP contribution >= 0.6 is 23.2 Å². The Balaban J connectivity index is 3.19. The molecule has 1 aromatic rings. The molecular formula is C10H9Cl2NO. The highest BCUT2D eigenvalue weighted by Gasteiger charge is 2.13. The van der Waals surface area contributed by atoms with Crippen LogP contribution in [0.1, 0.15) is 11.4 Å². The van der Waals surface area contributed by atoms with Gasteiger partial charge in [-0.1, -0.05) is 29.1 Å². The quantitative estimate of drug-likeness (QED) is 0.728. The van der Waals surface area contributed by atoms with E-state index in [1.807, 2.05) is 0 Å². The molecule has 0 atom stereocenters. The Morgan fingerprint density at radius 1 is 1.29 bits per heavy atom. The SMILES string of the molecule is C#CCOc1c(Cl)c(C)nc(C)c1Cl. The second kappa shape index (κ2) is 4.54. The van der Waals surface area contributed by atoms with E-state index >= 15 is 0 Å². The molecule has 0 spiro atoms. The molecule has 0 unspecified atom stereocenters. The topological polar surface area (TPSA) is 22.1 Å². The average molecular weight is 230 g/mol. The molecule has 0 amide bonds. The molecule has 0 saturated heterocycles. The summed E-state index contributed by atoms with van der Waals surface area (Å²) in [5, 5.41) is 0.826. The van der Waals surface area contributed by atoms with Crippen LogP contribution in [-0.4, -0.2) is 11.6 Å². The van der Waals surface area contributed by atoms with Gasteiger partial charge in [-0.3, -0.25) is 4.98 Å². The van der Waals surface area contributed by atoms with E-state index in [0.29, 0.717) is 27.2 Å². The first kappa shape index (κ1) is 11.2. The Bertz CT molecular complexity index is 370. The van der Waals surface area contributed by atoms with E-state index < -0.39 is 0 Å². The van der Waals surface area contributed by atoms with Gasteiger partial charge in [-0.25, -0.2) is 0 Å². The summed E-state index contributed by atoms with van der Waals surface area (Å²) in [5.74, 6) is 2.76. The second-order valence-corrected chi connectivity index (χ2v) is 3.49. The van der Waals surface area contributed by atoms with Crippen LogP contribution in [-0.2, 0) is 0 Å². The lowest BCUT2D eigenvalue weighted by atomic mass is 10.3. The van der Waals surface area contributed by atoms with Gasteiger partial charge in [-0.05, 0) is 13.8 Å². The van der Waals surface area contributed by atoms with Crippen LogP contribution in [0.4, 0.5) is 0 Å². The van der Waals surface area contributed by atoms with Crippen LogP contribution in [0.5, 0.6) is 5.75 Å². The lowest BCUT2D eigenvalue weighted by molar-refractivity contribution is 0.369. The number of nitrogens with zero attached hydrogens (tertiary/aromatic N) is 1. The Kier molecular flexibility index (Phi) is 3.62. The molecule has 14 heavy (non-hydrogen) atoms. The van der Waals surface area contributed by atoms with Crippen molar-refractivity contribution in [1.29, 1.82) is 0 Å². The van der Waals surface area contributed by atoms with Crippen LogP contribution < -0.4 is 4.74 Å². The van der Waals surface area contributed by atoms with Crippen molar-refractivity contribution in [3.63, 3.8) is 0 Å². The molecule has 4 heteroatoms. The van der Waals surface area contributed by atoms with Gasteiger partial charge in [0.25, 0.3) is 0 Å². The highest BCUT2D eigenvalue weighted by molar-refractivity contribution is 6.37. The number of hydrogen-bond acceptors (Lipinski definition) is 2. The predicted molar refractivity (Wildman–Crippen MR) is 58.1 cm³/mol. The molecule has 1 heterocycles. The van der Waals surface area contributed by atoms with Gasteiger partial charge in [-0.15, -0.1) is 6.42 Å². The van der Waals surface area contributed by atoms with Crippen LogP contribution in [0, 0.1) is 26.2 Å². The van der Waals surface area contributed by atoms with Gasteiger partial charge in [0, 0.05) is 0 Å². The molecule has 0 fully saturated rings. The van der Waals surface area contributed by atoms with Gasteiger partial charge in [-0.2, -0.15) is 0 Å². The summed E-state index contributed by atoms with van der Waals surface area (Å²) in [7, 11) is 0. The zero-order valence-electron chi connectivity index (χ0n) is 7.90. The minimum atomic E-state index is 0.141. The fourth-order valence-electron chi connectivity index (χ4n) is 1.02. The first-order chi connectivity index (χ1) is 6.57. The smallest absolute Gasteiger partial charge is 0.161 e. The summed E-state index contributed by atoms with van der Waals surface area (Å²) >= 11 is 11.9. The number of pyridine rings is 1. The molecule has 2 nitrogen and oxygen atoms in total. The van der Waals surface area contributed by atoms with Gasteiger partial charge < -0.3 is 4.74 Å². The van der Waals surface area contributed by atoms with Crippen molar-refractivity contribution in [3.8, 4) is 18.1 Å². The van der Waals surface area contributed by atoms with Crippen LogP contribution in [0.15, 0.2) is 0 Å². The molecule has 1 aromatic heterocycles. The van der Waals surface area contributed by atoms with E-state index in [9.17, 15) is 0 Å². The van der Waals surface area contributed by atoms with E-state index in [-0.39, 0.29) is 6.61 Å². The van der Waals surface area contributed by atoms with Gasteiger partial charge in [0.15, 0.2) is 5.75 Å². The van der Waals surface area contributed by atoms with Gasteiger partial charge in [0.1, 0.15) is 16.7 Å². The Morgan fingerprint density at radius 2 is 1.79 bits per heavy atom. The van der Waals surface area contributed by atoms with Crippen LogP contribution in [0.3, 0.4) is 0 Å². The monoisotopic (exact) mass is 229 g/mol. The molecule has 0 bridgehead atoms. The minimum absolute atomic E-state index is 0.141. The minimum Gasteiger partial charge on any atom is -0.478 e. The largest absolute Gasteiger partial charge is 0.478 e. The normalized spacial score (nSPS) is 9.64. The van der Waals surface area contributed by atoms with Crippen molar-refractivity contribution in [2.24, 2.45) is 0 Å². The summed E-state index contributed by atoms with van der Waals surface area (Å²) in [6, 6.07) is 0. The zero-order chi connectivity index (χ0) is 10.7. The average Bonchev–Trinajstić information content (AvgIpc) is 2.15. The molecule has 0 saturated carbocycles. The van der Waals surface area contributed by atoms with Gasteiger partial charge >= 0.3 is 0 Å². The van der Waals surface area contributed by atoms with E-state index in [4.69, 9.17) is 34.4 Å². The second-order valence-electron chi connectivity index (χ2n) is 2.73. The molecular weight excluding hydrogens is 221 g/mol. The molecule has 0 N–H and O–H groups in total. The molecule has 0 radical (unpaired) electrons. The fourth-order valence-corrected chi connectivity index (χ4v) is 1.45. The van der Waals surface area contributed by atoms with Gasteiger partial charge in [0.2, 0.25) is 0 Å². The van der Waals surface area contributed by atoms with Crippen molar-refractivity contribution >= 4 is 23.2 Å². The van der Waals surface area contributed by atoms with Crippen molar-refractivity contribution in [3.05, 3.63) is 21.4 Å². The lowest BCUT2D eigenvalue weighted by Gasteiger charge is -2.10. The Morgan fingerprint density at radius 3 is 2.21 bits per heavy atom. The van der Waals surface area contributed by atoms with E-state index in [1.165, 1.54) is 0 Å². The van der Waals surface area contributed by atoms with Crippen molar-refractivity contribution < 1.29 is 4.74 Å². The summed E-state index contributed by atoms with van der Waals surface area (Å²) in [6.07, 6.45) is 5.08. The standard InChI is InChI=1S/C10H9Cl2NO/c1-4-5-14-10-8(11)6(2)13-7(3)9(10)12/h1H,5H2,2-3H3. The Labute approximate surface area is 93.2 Å². The van der Waals surface area contributed by atoms with Crippen molar-refractivity contribution in [2.45, 2.75) is 13.8 Å². The molecule has 0 aliphatic carbocycles. The highest BCUT2D eigenvalue weighted by Crippen LogP contribution is 2.35. The van der Waals surface area contributed by atoms with E-state index in [0.717, 1.165) is 0 Å². The van der Waals surface area contributed by atoms with Crippen molar-refractivity contribution in [2.75, 3.05) is 6.61 Å². The number of hydrogen-bond donors (Lipinski definition) is 0. The molecule has 0 aromatic carbocycles. The third-order valence-electron chi connectivity index (χ3n) is 1.67. The number of aromatic nitrogens is 1. The van der Waals surface area contributed by atoms with E-state index in [2.05, 4.69) is 10.9 Å². The number of terminal acetylenes is 1. The van der Waals surface area contributed by atoms with E-state index in [1.54, 1.807) is 13.8 Å². The molecule has 1 rings (SSSR count). The maximum atomic E-state index is 5.97. The number of ether oxygens (including phenoxy) is 1. The molecule has 74 valence electrons. The van der Waals surface area contributed by atoms with Crippen LogP contribution in [0.25, 0.3) is 0 Å². The van der Waals surface area contributed by atoms with Crippen LogP contribution in [0.2, 0.25) is 10.0 Å². The highest BCUT2D eigenvalue weighted by atomic mass is 35.5. The van der Waals surface area contributed by atoms with Crippen molar-refractivity contribution in [1.82, 2.24) is 4.98 Å². The molecule has 0 aliphatic rings. The Hall–Kier alpha value is -0.910. The maximum absolute atomic E-state index is 5.97. The third kappa shape index (κ3) is 2.12. The maximum Gasteiger partial charge on any atom is 0.161 e. The first-order valence-electron chi connectivity index (χ1n) is 3.96. The number of halogens is 2. The molecule has 0 aliphatic heterocycles. The predicted octanol–water partition coefficient (Wildman–Crippen LogP) is 3.02. The zero-order valence-corrected chi connectivity index (χ0v) is 9.41. The first-order valence-corrected chi connectivity index (χ1v) is 4.72. The summed E-state index contributed by atoms with van der Waals surface area (Å²) in [4.78, 5) is 4.15. The summed E-state index contributed by atoms with van der Waals surface area (Å²) in [6.45, 7) is 3.71. The summed E-state index contributed by atoms with van der Waals surface area (Å²) in [5.41, 5.74) is 1.36.